The van der Waals surface area contributed by atoms with Crippen LogP contribution in [0, 0.1) is 23.7 Å². The third-order valence-corrected chi connectivity index (χ3v) is 13.2. The highest BCUT2D eigenvalue weighted by atomic mass is 16.5. The number of nitrogens with one attached hydrogen (secondary N) is 4. The highest BCUT2D eigenvalue weighted by Gasteiger charge is 2.56. The zero-order valence-electron chi connectivity index (χ0n) is 34.3. The van der Waals surface area contributed by atoms with Crippen molar-refractivity contribution in [1.82, 2.24) is 40.4 Å². The number of methoxy groups -OCH3 is 2. The van der Waals surface area contributed by atoms with E-state index in [9.17, 15) is 19.2 Å². The topological polar surface area (TPSA) is 175 Å². The summed E-state index contributed by atoms with van der Waals surface area (Å²) in [6.07, 6.45) is 5.36. The Morgan fingerprint density at radius 3 is 2.07 bits per heavy atom. The summed E-state index contributed by atoms with van der Waals surface area (Å²) in [4.78, 5) is 73.0. The third kappa shape index (κ3) is 6.85. The van der Waals surface area contributed by atoms with Gasteiger partial charge in [0.25, 0.3) is 0 Å². The number of carbonyl (C=O) groups is 4. The molecule has 2 saturated carbocycles. The average Bonchev–Trinajstić information content (AvgIpc) is 3.86. The monoisotopic (exact) mass is 800 g/mol. The van der Waals surface area contributed by atoms with Crippen LogP contribution in [0.25, 0.3) is 44.2 Å². The van der Waals surface area contributed by atoms with E-state index < -0.39 is 24.3 Å². The molecule has 59 heavy (non-hydrogen) atoms. The number of benzene rings is 3. The van der Waals surface area contributed by atoms with Crippen LogP contribution in [0.1, 0.15) is 83.5 Å². The van der Waals surface area contributed by atoms with E-state index in [2.05, 4.69) is 69.1 Å². The maximum atomic E-state index is 14.0. The van der Waals surface area contributed by atoms with E-state index in [1.54, 1.807) is 0 Å². The molecule has 4 aliphatic rings. The number of nitrogens with zero attached hydrogens (tertiary/aromatic N) is 4. The Balaban J connectivity index is 0.930. The van der Waals surface area contributed by atoms with Crippen LogP contribution in [0.2, 0.25) is 0 Å². The Kier molecular flexibility index (Phi) is 9.83. The number of fused-ring (bicyclic) bond motifs is 6. The molecule has 4 fully saturated rings. The maximum Gasteiger partial charge on any atom is 0.407 e. The molecule has 4 amide bonds. The van der Waals surface area contributed by atoms with Gasteiger partial charge in [0.05, 0.1) is 49.2 Å². The van der Waals surface area contributed by atoms with Gasteiger partial charge in [-0.25, -0.2) is 19.6 Å². The summed E-state index contributed by atoms with van der Waals surface area (Å²) in [5.41, 5.74) is 5.81. The van der Waals surface area contributed by atoms with Crippen molar-refractivity contribution in [3.63, 3.8) is 0 Å². The van der Waals surface area contributed by atoms with Gasteiger partial charge in [0, 0.05) is 17.5 Å². The van der Waals surface area contributed by atoms with Gasteiger partial charge < -0.3 is 39.9 Å². The van der Waals surface area contributed by atoms with E-state index in [0.29, 0.717) is 11.8 Å². The molecule has 0 unspecified atom stereocenters. The maximum absolute atomic E-state index is 14.0. The number of alkyl carbamates (subject to hydrolysis) is 2. The smallest absolute Gasteiger partial charge is 0.407 e. The number of H-pyrrole nitrogens is 2. The van der Waals surface area contributed by atoms with Crippen LogP contribution >= 0.6 is 0 Å². The van der Waals surface area contributed by atoms with Crippen molar-refractivity contribution in [2.45, 2.75) is 96.1 Å². The van der Waals surface area contributed by atoms with Crippen LogP contribution in [0.5, 0.6) is 0 Å². The fourth-order valence-electron chi connectivity index (χ4n) is 10.0. The van der Waals surface area contributed by atoms with E-state index in [4.69, 9.17) is 19.4 Å². The minimum Gasteiger partial charge on any atom is -0.453 e. The predicted octanol–water partition coefficient (Wildman–Crippen LogP) is 7.25. The molecular weight excluding hydrogens is 749 g/mol. The first-order valence-corrected chi connectivity index (χ1v) is 20.8. The second-order valence-corrected chi connectivity index (χ2v) is 17.5. The van der Waals surface area contributed by atoms with Crippen LogP contribution in [0.15, 0.2) is 60.8 Å². The van der Waals surface area contributed by atoms with Gasteiger partial charge in [-0.15, -0.1) is 0 Å². The van der Waals surface area contributed by atoms with Crippen molar-refractivity contribution in [2.24, 2.45) is 23.7 Å². The molecule has 14 nitrogen and oxygen atoms in total. The van der Waals surface area contributed by atoms with E-state index in [0.717, 1.165) is 87.9 Å². The number of rotatable bonds is 10. The first-order chi connectivity index (χ1) is 28.4. The quantitative estimate of drug-likeness (QED) is 0.114. The van der Waals surface area contributed by atoms with Crippen molar-refractivity contribution < 1.29 is 28.7 Å². The Bertz CT molecular complexity index is 2440. The molecule has 2 aromatic heterocycles. The van der Waals surface area contributed by atoms with Crippen LogP contribution < -0.4 is 10.6 Å². The van der Waals surface area contributed by atoms with Crippen LogP contribution in [-0.4, -0.2) is 92.1 Å². The predicted molar refractivity (Wildman–Crippen MR) is 222 cm³/mol. The van der Waals surface area contributed by atoms with Gasteiger partial charge in [-0.1, -0.05) is 70.2 Å². The van der Waals surface area contributed by atoms with Gasteiger partial charge in [0.15, 0.2) is 0 Å². The minimum atomic E-state index is -0.684. The Hall–Kier alpha value is -5.92. The van der Waals surface area contributed by atoms with Gasteiger partial charge in [-0.2, -0.15) is 0 Å². The summed E-state index contributed by atoms with van der Waals surface area (Å²) in [6, 6.07) is 17.5. The van der Waals surface area contributed by atoms with Gasteiger partial charge >= 0.3 is 12.2 Å². The Labute approximate surface area is 342 Å². The number of hydrogen-bond acceptors (Lipinski definition) is 8. The van der Waals surface area contributed by atoms with Gasteiger partial charge in [-0.05, 0) is 90.0 Å². The molecule has 14 heteroatoms. The molecule has 8 atom stereocenters. The Morgan fingerprint density at radius 2 is 1.39 bits per heavy atom. The minimum absolute atomic E-state index is 0.0936. The number of imidazole rings is 2. The van der Waals surface area contributed by atoms with Crippen molar-refractivity contribution in [1.29, 1.82) is 0 Å². The van der Waals surface area contributed by atoms with Gasteiger partial charge in [0.1, 0.15) is 23.7 Å². The fourth-order valence-corrected chi connectivity index (χ4v) is 10.0. The SMILES string of the molecule is COC(=O)N[C@H](C(=O)N1[C@@H]2CC[C@@H](C2)[C@H]1c1ncc(-c2ccc(-c3ccc4c(ccc5nc([C@@H]6C[C@H]7C[C@H]7N6C(=O)[C@@H](NC(=O)OC)C(C)C)[nH]c54)c3)cc2)[nH]1)C(C)C. The van der Waals surface area contributed by atoms with Crippen LogP contribution in [0.3, 0.4) is 0 Å². The van der Waals surface area contributed by atoms with Crippen molar-refractivity contribution >= 4 is 45.8 Å². The van der Waals surface area contributed by atoms with E-state index >= 15 is 0 Å². The summed E-state index contributed by atoms with van der Waals surface area (Å²) < 4.78 is 9.65. The second kappa shape index (κ2) is 15.0. The summed E-state index contributed by atoms with van der Waals surface area (Å²) >= 11 is 0. The first kappa shape index (κ1) is 38.6. The second-order valence-electron chi connectivity index (χ2n) is 17.5. The van der Waals surface area contributed by atoms with Crippen molar-refractivity contribution in [3.05, 3.63) is 72.4 Å². The number of piperidine rings is 2. The zero-order chi connectivity index (χ0) is 41.3. The molecule has 308 valence electrons. The molecule has 2 saturated heterocycles. The third-order valence-electron chi connectivity index (χ3n) is 13.2. The highest BCUT2D eigenvalue weighted by molar-refractivity contribution is 6.05. The molecule has 5 aromatic rings. The normalized spacial score (nSPS) is 24.1. The lowest BCUT2D eigenvalue weighted by Crippen LogP contribution is -2.54. The molecule has 2 bridgehead atoms. The molecule has 0 radical (unpaired) electrons. The summed E-state index contributed by atoms with van der Waals surface area (Å²) in [6.45, 7) is 7.71. The standard InChI is InChI=1S/C45H52N8O6/c1-22(2)36(50-44(56)58-5)42(54)52-30-14-11-28(18-30)39(52)41-46-21-33(48-41)25-9-7-24(8-10-25)26-12-15-31-27(17-26)13-16-32-38(31)49-40(47-32)35-20-29-19-34(29)53(35)43(55)37(23(3)4)51-45(57)59-6/h7-10,12-13,15-17,21-23,28-30,34-37,39H,11,14,18-20H2,1-6H3,(H,46,48)(H,47,49)(H,50,56)(H,51,57)/t28-,29+,30+,34+,35-,36-,37-,39-/m0/s1. The number of likely N-dealkylation sites (tertiary alicyclic amines) is 2. The largest absolute Gasteiger partial charge is 0.453 e. The Morgan fingerprint density at radius 1 is 0.729 bits per heavy atom. The van der Waals surface area contributed by atoms with Crippen LogP contribution in [0.4, 0.5) is 9.59 Å². The van der Waals surface area contributed by atoms with Crippen molar-refractivity contribution in [3.8, 4) is 22.4 Å². The van der Waals surface area contributed by atoms with E-state index in [-0.39, 0.29) is 47.8 Å². The molecular formula is C45H52N8O6. The molecule has 9 rings (SSSR count). The number of hydrogen-bond donors (Lipinski definition) is 4. The number of amides is 4. The average molecular weight is 801 g/mol. The van der Waals surface area contributed by atoms with Crippen molar-refractivity contribution in [2.75, 3.05) is 14.2 Å². The van der Waals surface area contributed by atoms with Gasteiger partial charge in [-0.3, -0.25) is 9.59 Å². The highest BCUT2D eigenvalue weighted by Crippen LogP contribution is 2.54. The summed E-state index contributed by atoms with van der Waals surface area (Å²) in [5, 5.41) is 7.64. The number of aromatic nitrogens is 4. The van der Waals surface area contributed by atoms with E-state index in [1.165, 1.54) is 14.2 Å². The lowest BCUT2D eigenvalue weighted by Gasteiger charge is -2.37. The number of ether oxygens (including phenoxy) is 2. The van der Waals surface area contributed by atoms with E-state index in [1.807, 2.05) is 49.8 Å². The number of carbonyl (C=O) groups excluding carboxylic acids is 4. The summed E-state index contributed by atoms with van der Waals surface area (Å²) in [5.74, 6) is 1.89. The lowest BCUT2D eigenvalue weighted by atomic mass is 9.95. The molecule has 2 aliphatic heterocycles. The molecule has 0 spiro atoms. The molecule has 4 N–H and O–H groups in total. The number of aromatic amines is 2. The fraction of sp³-hybridized carbons (Fsp3) is 0.467. The molecule has 2 aliphatic carbocycles. The lowest BCUT2D eigenvalue weighted by molar-refractivity contribution is -0.139. The zero-order valence-corrected chi connectivity index (χ0v) is 34.3. The summed E-state index contributed by atoms with van der Waals surface area (Å²) in [7, 11) is 2.61. The molecule has 3 aromatic carbocycles. The van der Waals surface area contributed by atoms with Crippen LogP contribution in [-0.2, 0) is 19.1 Å². The van der Waals surface area contributed by atoms with Gasteiger partial charge in [0.2, 0.25) is 11.8 Å². The first-order valence-electron chi connectivity index (χ1n) is 20.8. The molecule has 4 heterocycles.